The molecule has 1 aliphatic rings. The number of nitrogens with one attached hydrogen (secondary N) is 1. The van der Waals surface area contributed by atoms with E-state index in [4.69, 9.17) is 4.74 Å². The Hall–Kier alpha value is -2.30. The molecule has 3 rings (SSSR count). The number of aryl methyl sites for hydroxylation is 1. The zero-order valence-corrected chi connectivity index (χ0v) is 12.8. The van der Waals surface area contributed by atoms with Crippen molar-refractivity contribution in [3.05, 3.63) is 47.8 Å². The number of benzene rings is 1. The number of aromatic nitrogens is 2. The molecule has 0 saturated carbocycles. The van der Waals surface area contributed by atoms with Crippen molar-refractivity contribution >= 4 is 5.91 Å². The van der Waals surface area contributed by atoms with Gasteiger partial charge in [0.15, 0.2) is 0 Å². The van der Waals surface area contributed by atoms with Crippen LogP contribution in [0.4, 0.5) is 0 Å². The summed E-state index contributed by atoms with van der Waals surface area (Å²) >= 11 is 0. The van der Waals surface area contributed by atoms with Gasteiger partial charge in [-0.2, -0.15) is 5.10 Å². The first-order valence-corrected chi connectivity index (χ1v) is 7.76. The van der Waals surface area contributed by atoms with E-state index in [2.05, 4.69) is 17.3 Å². The summed E-state index contributed by atoms with van der Waals surface area (Å²) in [7, 11) is 0. The summed E-state index contributed by atoms with van der Waals surface area (Å²) in [5.41, 5.74) is 2.13. The van der Waals surface area contributed by atoms with E-state index >= 15 is 0 Å². The monoisotopic (exact) mass is 299 g/mol. The number of nitrogens with zero attached hydrogens (tertiary/aromatic N) is 2. The SMILES string of the molecule is CCCn1cc(CNC(=O)[C@@H]2COc3ccccc3C2)cn1. The van der Waals surface area contributed by atoms with E-state index in [1.54, 1.807) is 0 Å². The van der Waals surface area contributed by atoms with Crippen molar-refractivity contribution in [2.45, 2.75) is 32.9 Å². The van der Waals surface area contributed by atoms with Gasteiger partial charge in [-0.15, -0.1) is 0 Å². The van der Waals surface area contributed by atoms with E-state index in [-0.39, 0.29) is 11.8 Å². The van der Waals surface area contributed by atoms with Crippen molar-refractivity contribution in [2.75, 3.05) is 6.61 Å². The minimum absolute atomic E-state index is 0.0396. The number of ether oxygens (including phenoxy) is 1. The average molecular weight is 299 g/mol. The molecule has 1 atom stereocenters. The van der Waals surface area contributed by atoms with Gasteiger partial charge in [-0.25, -0.2) is 0 Å². The van der Waals surface area contributed by atoms with Crippen LogP contribution in [0.5, 0.6) is 5.75 Å². The molecule has 1 amide bonds. The molecule has 22 heavy (non-hydrogen) atoms. The van der Waals surface area contributed by atoms with Crippen LogP contribution < -0.4 is 10.1 Å². The van der Waals surface area contributed by atoms with Gasteiger partial charge in [0.05, 0.1) is 12.1 Å². The van der Waals surface area contributed by atoms with Crippen molar-refractivity contribution in [2.24, 2.45) is 5.92 Å². The molecule has 0 radical (unpaired) electrons. The smallest absolute Gasteiger partial charge is 0.227 e. The fourth-order valence-corrected chi connectivity index (χ4v) is 2.68. The Morgan fingerprint density at radius 1 is 1.45 bits per heavy atom. The van der Waals surface area contributed by atoms with E-state index in [0.717, 1.165) is 36.3 Å². The van der Waals surface area contributed by atoms with E-state index < -0.39 is 0 Å². The predicted octanol–water partition coefficient (Wildman–Crippen LogP) is 2.16. The van der Waals surface area contributed by atoms with Crippen LogP contribution in [-0.4, -0.2) is 22.3 Å². The van der Waals surface area contributed by atoms with E-state index in [1.807, 2.05) is 41.3 Å². The quantitative estimate of drug-likeness (QED) is 0.920. The third-order valence-electron chi connectivity index (χ3n) is 3.86. The number of carbonyl (C=O) groups is 1. The number of hydrogen-bond acceptors (Lipinski definition) is 3. The lowest BCUT2D eigenvalue weighted by Gasteiger charge is -2.24. The van der Waals surface area contributed by atoms with Gasteiger partial charge in [-0.05, 0) is 24.5 Å². The zero-order valence-electron chi connectivity index (χ0n) is 12.8. The first-order chi connectivity index (χ1) is 10.8. The van der Waals surface area contributed by atoms with Gasteiger partial charge in [0, 0.05) is 24.8 Å². The fraction of sp³-hybridized carbons (Fsp3) is 0.412. The standard InChI is InChI=1S/C17H21N3O2/c1-2-7-20-11-13(10-19-20)9-18-17(21)15-8-14-5-3-4-6-16(14)22-12-15/h3-6,10-11,15H,2,7-9,12H2,1H3,(H,18,21)/t15-/m0/s1. The molecule has 2 heterocycles. The zero-order chi connectivity index (χ0) is 15.4. The van der Waals surface area contributed by atoms with E-state index in [9.17, 15) is 4.79 Å². The highest BCUT2D eigenvalue weighted by molar-refractivity contribution is 5.79. The molecule has 116 valence electrons. The third-order valence-corrected chi connectivity index (χ3v) is 3.86. The second-order valence-corrected chi connectivity index (χ2v) is 5.65. The lowest BCUT2D eigenvalue weighted by Crippen LogP contribution is -2.36. The number of amides is 1. The summed E-state index contributed by atoms with van der Waals surface area (Å²) in [6.07, 6.45) is 5.57. The van der Waals surface area contributed by atoms with Crippen LogP contribution in [0.15, 0.2) is 36.7 Å². The van der Waals surface area contributed by atoms with E-state index in [0.29, 0.717) is 13.2 Å². The Morgan fingerprint density at radius 2 is 2.32 bits per heavy atom. The largest absolute Gasteiger partial charge is 0.492 e. The van der Waals surface area contributed by atoms with Crippen molar-refractivity contribution in [3.63, 3.8) is 0 Å². The van der Waals surface area contributed by atoms with Gasteiger partial charge in [-0.3, -0.25) is 9.48 Å². The molecule has 1 aliphatic heterocycles. The van der Waals surface area contributed by atoms with Crippen LogP contribution in [0.1, 0.15) is 24.5 Å². The molecule has 0 aliphatic carbocycles. The molecule has 5 nitrogen and oxygen atoms in total. The number of rotatable bonds is 5. The summed E-state index contributed by atoms with van der Waals surface area (Å²) in [5, 5.41) is 7.25. The normalized spacial score (nSPS) is 16.7. The highest BCUT2D eigenvalue weighted by atomic mass is 16.5. The van der Waals surface area contributed by atoms with Gasteiger partial charge >= 0.3 is 0 Å². The molecular weight excluding hydrogens is 278 g/mol. The molecule has 2 aromatic rings. The Bertz CT molecular complexity index is 651. The van der Waals surface area contributed by atoms with Crippen molar-refractivity contribution in [3.8, 4) is 5.75 Å². The molecule has 0 saturated heterocycles. The number of fused-ring (bicyclic) bond motifs is 1. The van der Waals surface area contributed by atoms with Crippen LogP contribution in [0.2, 0.25) is 0 Å². The Balaban J connectivity index is 1.54. The van der Waals surface area contributed by atoms with Crippen LogP contribution in [0.25, 0.3) is 0 Å². The second kappa shape index (κ2) is 6.64. The van der Waals surface area contributed by atoms with Crippen LogP contribution >= 0.6 is 0 Å². The fourth-order valence-electron chi connectivity index (χ4n) is 2.68. The predicted molar refractivity (Wildman–Crippen MR) is 83.5 cm³/mol. The van der Waals surface area contributed by atoms with Gasteiger partial charge in [0.1, 0.15) is 12.4 Å². The molecule has 1 aromatic heterocycles. The third kappa shape index (κ3) is 3.30. The second-order valence-electron chi connectivity index (χ2n) is 5.65. The molecule has 0 unspecified atom stereocenters. The maximum atomic E-state index is 12.3. The molecule has 1 aromatic carbocycles. The first-order valence-electron chi connectivity index (χ1n) is 7.76. The van der Waals surface area contributed by atoms with Crippen molar-refractivity contribution < 1.29 is 9.53 Å². The molecule has 0 fully saturated rings. The highest BCUT2D eigenvalue weighted by Crippen LogP contribution is 2.26. The molecular formula is C17H21N3O2. The lowest BCUT2D eigenvalue weighted by molar-refractivity contribution is -0.126. The number of carbonyl (C=O) groups excluding carboxylic acids is 1. The summed E-state index contributed by atoms with van der Waals surface area (Å²) in [6, 6.07) is 7.90. The van der Waals surface area contributed by atoms with Crippen LogP contribution in [0.3, 0.4) is 0 Å². The number of hydrogen-bond donors (Lipinski definition) is 1. The maximum Gasteiger partial charge on any atom is 0.227 e. The van der Waals surface area contributed by atoms with Crippen molar-refractivity contribution in [1.29, 1.82) is 0 Å². The van der Waals surface area contributed by atoms with Gasteiger partial charge in [0.2, 0.25) is 5.91 Å². The summed E-state index contributed by atoms with van der Waals surface area (Å²) in [4.78, 5) is 12.3. The van der Waals surface area contributed by atoms with Gasteiger partial charge in [0.25, 0.3) is 0 Å². The molecule has 1 N–H and O–H groups in total. The lowest BCUT2D eigenvalue weighted by atomic mass is 9.96. The maximum absolute atomic E-state index is 12.3. The molecule has 0 spiro atoms. The topological polar surface area (TPSA) is 56.2 Å². The average Bonchev–Trinajstić information content (AvgIpc) is 3.00. The number of para-hydroxylation sites is 1. The molecule has 5 heteroatoms. The Kier molecular flexibility index (Phi) is 4.42. The van der Waals surface area contributed by atoms with Gasteiger partial charge in [-0.1, -0.05) is 25.1 Å². The van der Waals surface area contributed by atoms with Crippen LogP contribution in [0, 0.1) is 5.92 Å². The summed E-state index contributed by atoms with van der Waals surface area (Å²) < 4.78 is 7.57. The highest BCUT2D eigenvalue weighted by Gasteiger charge is 2.25. The van der Waals surface area contributed by atoms with Crippen LogP contribution in [-0.2, 0) is 24.3 Å². The summed E-state index contributed by atoms with van der Waals surface area (Å²) in [5.74, 6) is 0.811. The minimum atomic E-state index is -0.124. The minimum Gasteiger partial charge on any atom is -0.492 e. The molecule has 0 bridgehead atoms. The Morgan fingerprint density at radius 3 is 3.18 bits per heavy atom. The van der Waals surface area contributed by atoms with Crippen molar-refractivity contribution in [1.82, 2.24) is 15.1 Å². The van der Waals surface area contributed by atoms with E-state index in [1.165, 1.54) is 0 Å². The summed E-state index contributed by atoms with van der Waals surface area (Å²) in [6.45, 7) is 3.98. The Labute approximate surface area is 130 Å². The first kappa shape index (κ1) is 14.6. The van der Waals surface area contributed by atoms with Gasteiger partial charge < -0.3 is 10.1 Å².